The van der Waals surface area contributed by atoms with Crippen LogP contribution in [0.2, 0.25) is 0 Å². The predicted octanol–water partition coefficient (Wildman–Crippen LogP) is 12.5. The lowest BCUT2D eigenvalue weighted by molar-refractivity contribution is -0.173. The van der Waals surface area contributed by atoms with Crippen molar-refractivity contribution in [3.8, 4) is 0 Å². The molecule has 0 aromatic heterocycles. The molecule has 0 heterocycles. The standard InChI is InChI=1S/C26H42O4.C26H40O4.3CH4/c2*1-5-17-21-14-16(27)10-12-26(21,4)20-11-13-25(3)18(15(2)6-9-22(28)29)7-8-19(25)23(20)24(17)30;;;/h15-21,23,27H,5-14H2,1-4H3,(H,28,29);5,15-16,18-21,23,27H,6-14H2,1-4H3,(H,28,29);3*1H4/b;17-5+;;;/t15-,16-,17-,18-,19?,20?,21+,23+,25-,26-;15-,16-,18-,19?,20?,21+,23+,25-,26-;;;/m11.../s1. The molecule has 63 heavy (non-hydrogen) atoms. The van der Waals surface area contributed by atoms with Crippen LogP contribution in [0.1, 0.15) is 200 Å². The molecule has 4 unspecified atom stereocenters. The van der Waals surface area contributed by atoms with E-state index in [0.29, 0.717) is 64.8 Å². The number of carboxylic acids is 2. The minimum atomic E-state index is -0.705. The number of hydrogen-bond donors (Lipinski definition) is 4. The van der Waals surface area contributed by atoms with E-state index in [4.69, 9.17) is 10.2 Å². The Kier molecular flexibility index (Phi) is 17.0. The molecule has 8 fully saturated rings. The van der Waals surface area contributed by atoms with E-state index in [1.54, 1.807) is 0 Å². The molecule has 8 nitrogen and oxygen atoms in total. The van der Waals surface area contributed by atoms with E-state index < -0.39 is 11.9 Å². The topological polar surface area (TPSA) is 149 Å². The summed E-state index contributed by atoms with van der Waals surface area (Å²) in [5.74, 6) is 4.05. The molecule has 8 rings (SSSR count). The third-order valence-corrected chi connectivity index (χ3v) is 21.0. The zero-order chi connectivity index (χ0) is 43.7. The van der Waals surface area contributed by atoms with Gasteiger partial charge < -0.3 is 20.4 Å². The summed E-state index contributed by atoms with van der Waals surface area (Å²) in [5, 5.41) is 39.0. The molecule has 362 valence electrons. The Morgan fingerprint density at radius 1 is 0.619 bits per heavy atom. The van der Waals surface area contributed by atoms with E-state index in [9.17, 15) is 29.4 Å². The number of aliphatic hydroxyl groups excluding tert-OH is 2. The Bertz CT molecular complexity index is 1670. The molecule has 8 aliphatic carbocycles. The average Bonchev–Trinajstić information content (AvgIpc) is 3.74. The lowest BCUT2D eigenvalue weighted by atomic mass is 9.42. The Morgan fingerprint density at radius 3 is 1.52 bits per heavy atom. The fourth-order valence-electron chi connectivity index (χ4n) is 17.9. The first kappa shape index (κ1) is 53.6. The monoisotopic (exact) mass is 883 g/mol. The third-order valence-electron chi connectivity index (χ3n) is 21.0. The maximum Gasteiger partial charge on any atom is 0.303 e. The maximum atomic E-state index is 13.9. The van der Waals surface area contributed by atoms with Gasteiger partial charge in [0.15, 0.2) is 5.78 Å². The summed E-state index contributed by atoms with van der Waals surface area (Å²) < 4.78 is 0. The van der Waals surface area contributed by atoms with E-state index in [1.807, 2.05) is 13.0 Å². The average molecular weight is 883 g/mol. The van der Waals surface area contributed by atoms with Gasteiger partial charge in [-0.15, -0.1) is 0 Å². The highest BCUT2D eigenvalue weighted by Crippen LogP contribution is 2.70. The van der Waals surface area contributed by atoms with Crippen molar-refractivity contribution in [1.82, 2.24) is 0 Å². The summed E-state index contributed by atoms with van der Waals surface area (Å²) in [5.41, 5.74) is 1.61. The van der Waals surface area contributed by atoms with Crippen LogP contribution in [0, 0.1) is 98.6 Å². The van der Waals surface area contributed by atoms with Crippen LogP contribution in [0.15, 0.2) is 11.6 Å². The number of Topliss-reactive ketones (excluding diaryl/α,β-unsaturated/α-hetero) is 2. The van der Waals surface area contributed by atoms with Gasteiger partial charge >= 0.3 is 11.9 Å². The van der Waals surface area contributed by atoms with E-state index in [1.165, 1.54) is 6.42 Å². The molecule has 8 aliphatic rings. The number of aliphatic hydroxyl groups is 2. The number of carboxylic acid groups (broad SMARTS) is 2. The maximum absolute atomic E-state index is 13.9. The molecular formula is C55H94O8. The lowest BCUT2D eigenvalue weighted by Gasteiger charge is -2.62. The van der Waals surface area contributed by atoms with Crippen molar-refractivity contribution in [3.63, 3.8) is 0 Å². The molecule has 0 aliphatic heterocycles. The lowest BCUT2D eigenvalue weighted by Crippen LogP contribution is -2.60. The molecule has 0 aromatic carbocycles. The highest BCUT2D eigenvalue weighted by molar-refractivity contribution is 5.99. The second kappa shape index (κ2) is 20.0. The van der Waals surface area contributed by atoms with Gasteiger partial charge in [0.2, 0.25) is 0 Å². The molecule has 4 N–H and O–H groups in total. The van der Waals surface area contributed by atoms with E-state index >= 15 is 0 Å². The van der Waals surface area contributed by atoms with Crippen molar-refractivity contribution in [3.05, 3.63) is 11.6 Å². The molecular weight excluding hydrogens is 789 g/mol. The molecule has 0 radical (unpaired) electrons. The zero-order valence-corrected chi connectivity index (χ0v) is 38.6. The van der Waals surface area contributed by atoms with Gasteiger partial charge in [-0.3, -0.25) is 19.2 Å². The van der Waals surface area contributed by atoms with Crippen molar-refractivity contribution in [2.75, 3.05) is 0 Å². The number of carbonyl (C=O) groups is 4. The van der Waals surface area contributed by atoms with E-state index in [-0.39, 0.29) is 92.7 Å². The van der Waals surface area contributed by atoms with Crippen molar-refractivity contribution in [1.29, 1.82) is 0 Å². The Balaban J connectivity index is 0.000000264. The Morgan fingerprint density at radius 2 is 1.05 bits per heavy atom. The van der Waals surface area contributed by atoms with Gasteiger partial charge in [0.05, 0.1) is 12.2 Å². The third kappa shape index (κ3) is 8.95. The van der Waals surface area contributed by atoms with Crippen molar-refractivity contribution >= 4 is 23.5 Å². The second-order valence-corrected chi connectivity index (χ2v) is 23.3. The summed E-state index contributed by atoms with van der Waals surface area (Å²) >= 11 is 0. The summed E-state index contributed by atoms with van der Waals surface area (Å²) in [6.07, 6.45) is 18.9. The number of allylic oxidation sites excluding steroid dienone is 2. The summed E-state index contributed by atoms with van der Waals surface area (Å²) in [6, 6.07) is 0. The molecule has 0 amide bonds. The summed E-state index contributed by atoms with van der Waals surface area (Å²) in [4.78, 5) is 50.0. The van der Waals surface area contributed by atoms with Crippen LogP contribution < -0.4 is 0 Å². The molecule has 8 saturated carbocycles. The van der Waals surface area contributed by atoms with E-state index in [0.717, 1.165) is 108 Å². The summed E-state index contributed by atoms with van der Waals surface area (Å²) in [6.45, 7) is 18.3. The predicted molar refractivity (Wildman–Crippen MR) is 254 cm³/mol. The first-order valence-electron chi connectivity index (χ1n) is 24.8. The van der Waals surface area contributed by atoms with Crippen LogP contribution in [0.25, 0.3) is 0 Å². The van der Waals surface area contributed by atoms with Gasteiger partial charge in [0, 0.05) is 30.6 Å². The van der Waals surface area contributed by atoms with Crippen LogP contribution in [-0.4, -0.2) is 56.1 Å². The number of hydrogen-bond acceptors (Lipinski definition) is 6. The highest BCUT2D eigenvalue weighted by atomic mass is 16.4. The Hall–Kier alpha value is -2.06. The van der Waals surface area contributed by atoms with Crippen LogP contribution >= 0.6 is 0 Å². The van der Waals surface area contributed by atoms with Gasteiger partial charge in [0.1, 0.15) is 5.78 Å². The molecule has 19 atom stereocenters. The quantitative estimate of drug-likeness (QED) is 0.167. The molecule has 0 aromatic rings. The number of aliphatic carboxylic acids is 2. The smallest absolute Gasteiger partial charge is 0.303 e. The zero-order valence-electron chi connectivity index (χ0n) is 38.6. The van der Waals surface area contributed by atoms with Crippen LogP contribution in [0.4, 0.5) is 0 Å². The SMILES string of the molecule is C.C.C.C/C=C1/C(=O)[C@H]2C3CC[C@H]([C@H](C)CCC(=O)O)[C@@]3(C)CCC2[C@@]2(C)CC[C@@H](O)C[C@@H]12.CC[C@H]1C(=O)[C@H]2C3CC[C@H]([C@H](C)CCC(=O)O)[C@@]3(C)CCC2[C@@]2(C)CC[C@@H](O)C[C@@H]12. The highest BCUT2D eigenvalue weighted by Gasteiger charge is 2.66. The summed E-state index contributed by atoms with van der Waals surface area (Å²) in [7, 11) is 0. The number of carbonyl (C=O) groups excluding carboxylic acids is 2. The first-order chi connectivity index (χ1) is 28.3. The van der Waals surface area contributed by atoms with Crippen molar-refractivity contribution < 1.29 is 39.6 Å². The molecule has 0 saturated heterocycles. The van der Waals surface area contributed by atoms with Crippen LogP contribution in [0.5, 0.6) is 0 Å². The molecule has 0 bridgehead atoms. The number of ketones is 2. The number of rotatable bonds is 9. The minimum absolute atomic E-state index is 0. The van der Waals surface area contributed by atoms with E-state index in [2.05, 4.69) is 48.5 Å². The normalized spacial score (nSPS) is 46.3. The first-order valence-corrected chi connectivity index (χ1v) is 24.8. The van der Waals surface area contributed by atoms with Gasteiger partial charge in [-0.1, -0.05) is 76.8 Å². The Labute approximate surface area is 384 Å². The van der Waals surface area contributed by atoms with Crippen molar-refractivity contribution in [2.24, 2.45) is 98.6 Å². The van der Waals surface area contributed by atoms with Gasteiger partial charge in [0.25, 0.3) is 0 Å². The minimum Gasteiger partial charge on any atom is -0.481 e. The van der Waals surface area contributed by atoms with Crippen LogP contribution in [0.3, 0.4) is 0 Å². The molecule has 0 spiro atoms. The fourth-order valence-corrected chi connectivity index (χ4v) is 17.9. The molecule has 8 heteroatoms. The van der Waals surface area contributed by atoms with Gasteiger partial charge in [-0.05, 0) is 202 Å². The number of fused-ring (bicyclic) bond motifs is 10. The second-order valence-electron chi connectivity index (χ2n) is 23.3. The van der Waals surface area contributed by atoms with Crippen molar-refractivity contribution in [2.45, 2.75) is 212 Å². The van der Waals surface area contributed by atoms with Crippen LogP contribution in [-0.2, 0) is 19.2 Å². The van der Waals surface area contributed by atoms with Gasteiger partial charge in [-0.25, -0.2) is 0 Å². The largest absolute Gasteiger partial charge is 0.481 e. The van der Waals surface area contributed by atoms with Gasteiger partial charge in [-0.2, -0.15) is 0 Å². The fraction of sp³-hybridized carbons (Fsp3) is 0.891.